The van der Waals surface area contributed by atoms with Crippen LogP contribution < -0.4 is 4.74 Å². The van der Waals surface area contributed by atoms with Gasteiger partial charge in [0.25, 0.3) is 5.91 Å². The third-order valence-electron chi connectivity index (χ3n) is 6.32. The number of halogens is 1. The van der Waals surface area contributed by atoms with E-state index in [1.165, 1.54) is 11.1 Å². The molecule has 1 fully saturated rings. The second-order valence-electron chi connectivity index (χ2n) is 8.58. The van der Waals surface area contributed by atoms with Crippen LogP contribution >= 0.6 is 0 Å². The number of methoxy groups -OCH3 is 1. The van der Waals surface area contributed by atoms with E-state index in [2.05, 4.69) is 5.10 Å². The quantitative estimate of drug-likeness (QED) is 0.580. The predicted molar refractivity (Wildman–Crippen MR) is 126 cm³/mol. The SMILES string of the molecule is CCOC(=O)[C@H]1CCCN(CC(=O)N2N=C(c3cccc(OC)c3)C[C@@H]2c2ccccc2F)C1. The Morgan fingerprint density at radius 2 is 2.00 bits per heavy atom. The molecule has 7 nitrogen and oxygen atoms in total. The van der Waals surface area contributed by atoms with Gasteiger partial charge in [0.2, 0.25) is 0 Å². The van der Waals surface area contributed by atoms with E-state index in [1.54, 1.807) is 32.2 Å². The number of carbonyl (C=O) groups excluding carboxylic acids is 2. The lowest BCUT2D eigenvalue weighted by atomic mass is 9.97. The molecule has 0 radical (unpaired) electrons. The molecule has 180 valence electrons. The first kappa shape index (κ1) is 23.9. The normalized spacial score (nSPS) is 20.7. The first-order valence-corrected chi connectivity index (χ1v) is 11.7. The van der Waals surface area contributed by atoms with Crippen LogP contribution in [0.4, 0.5) is 4.39 Å². The molecule has 0 saturated carbocycles. The summed E-state index contributed by atoms with van der Waals surface area (Å²) in [6.07, 6.45) is 1.96. The minimum Gasteiger partial charge on any atom is -0.497 e. The van der Waals surface area contributed by atoms with E-state index >= 15 is 0 Å². The summed E-state index contributed by atoms with van der Waals surface area (Å²) < 4.78 is 25.2. The Kier molecular flexibility index (Phi) is 7.57. The first-order chi connectivity index (χ1) is 16.5. The van der Waals surface area contributed by atoms with Crippen LogP contribution in [0.3, 0.4) is 0 Å². The minimum atomic E-state index is -0.541. The Morgan fingerprint density at radius 1 is 1.18 bits per heavy atom. The van der Waals surface area contributed by atoms with Gasteiger partial charge in [-0.05, 0) is 44.5 Å². The Labute approximate surface area is 199 Å². The molecule has 2 atom stereocenters. The number of amides is 1. The lowest BCUT2D eigenvalue weighted by Gasteiger charge is -2.32. The van der Waals surface area contributed by atoms with Crippen molar-refractivity contribution >= 4 is 17.6 Å². The molecule has 2 aliphatic rings. The van der Waals surface area contributed by atoms with Crippen molar-refractivity contribution in [3.8, 4) is 5.75 Å². The second kappa shape index (κ2) is 10.8. The van der Waals surface area contributed by atoms with Crippen LogP contribution in [-0.2, 0) is 14.3 Å². The number of benzene rings is 2. The number of nitrogens with zero attached hydrogens (tertiary/aromatic N) is 3. The second-order valence-corrected chi connectivity index (χ2v) is 8.58. The number of carbonyl (C=O) groups is 2. The standard InChI is InChI=1S/C26H30FN3O4/c1-3-34-26(32)19-9-7-13-29(16-19)17-25(31)30-24(21-11-4-5-12-22(21)27)15-23(28-30)18-8-6-10-20(14-18)33-2/h4-6,8,10-12,14,19,24H,3,7,9,13,15-17H2,1-2H3/t19-,24+/m0/s1. The van der Waals surface area contributed by atoms with Gasteiger partial charge >= 0.3 is 5.97 Å². The molecule has 1 amide bonds. The number of hydrogen-bond acceptors (Lipinski definition) is 6. The van der Waals surface area contributed by atoms with E-state index in [-0.39, 0.29) is 30.2 Å². The lowest BCUT2D eigenvalue weighted by molar-refractivity contribution is -0.150. The predicted octanol–water partition coefficient (Wildman–Crippen LogP) is 3.79. The Hall–Kier alpha value is -3.26. The zero-order valence-electron chi connectivity index (χ0n) is 19.6. The summed E-state index contributed by atoms with van der Waals surface area (Å²) in [5.74, 6) is -0.365. The van der Waals surface area contributed by atoms with Gasteiger partial charge in [0.15, 0.2) is 0 Å². The summed E-state index contributed by atoms with van der Waals surface area (Å²) in [5.41, 5.74) is 1.96. The van der Waals surface area contributed by atoms with Crippen LogP contribution in [0.15, 0.2) is 53.6 Å². The molecule has 2 aromatic carbocycles. The topological polar surface area (TPSA) is 71.4 Å². The van der Waals surface area contributed by atoms with E-state index in [0.29, 0.717) is 43.1 Å². The van der Waals surface area contributed by atoms with Crippen molar-refractivity contribution in [2.75, 3.05) is 33.4 Å². The molecular weight excluding hydrogens is 437 g/mol. The molecule has 0 N–H and O–H groups in total. The molecule has 2 heterocycles. The number of rotatable bonds is 7. The van der Waals surface area contributed by atoms with Crippen molar-refractivity contribution in [3.05, 3.63) is 65.5 Å². The van der Waals surface area contributed by atoms with Gasteiger partial charge < -0.3 is 9.47 Å². The summed E-state index contributed by atoms with van der Waals surface area (Å²) in [6, 6.07) is 13.4. The van der Waals surface area contributed by atoms with Crippen LogP contribution in [0.5, 0.6) is 5.75 Å². The summed E-state index contributed by atoms with van der Waals surface area (Å²) >= 11 is 0. The van der Waals surface area contributed by atoms with Gasteiger partial charge in [0, 0.05) is 24.1 Å². The highest BCUT2D eigenvalue weighted by Crippen LogP contribution is 2.35. The van der Waals surface area contributed by atoms with Gasteiger partial charge in [0.1, 0.15) is 11.6 Å². The summed E-state index contributed by atoms with van der Waals surface area (Å²) in [5, 5.41) is 6.05. The van der Waals surface area contributed by atoms with Gasteiger partial charge in [-0.2, -0.15) is 5.10 Å². The Balaban J connectivity index is 1.56. The van der Waals surface area contributed by atoms with Crippen molar-refractivity contribution in [2.24, 2.45) is 11.0 Å². The van der Waals surface area contributed by atoms with Crippen molar-refractivity contribution in [2.45, 2.75) is 32.2 Å². The fourth-order valence-electron chi connectivity index (χ4n) is 4.62. The van der Waals surface area contributed by atoms with Crippen LogP contribution in [0, 0.1) is 11.7 Å². The third kappa shape index (κ3) is 5.28. The number of ether oxygens (including phenoxy) is 2. The molecular formula is C26H30FN3O4. The molecule has 0 aromatic heterocycles. The van der Waals surface area contributed by atoms with E-state index < -0.39 is 6.04 Å². The first-order valence-electron chi connectivity index (χ1n) is 11.7. The molecule has 4 rings (SSSR count). The lowest BCUT2D eigenvalue weighted by Crippen LogP contribution is -2.45. The van der Waals surface area contributed by atoms with Crippen LogP contribution in [0.25, 0.3) is 0 Å². The van der Waals surface area contributed by atoms with E-state index in [9.17, 15) is 14.0 Å². The van der Waals surface area contributed by atoms with Gasteiger partial charge in [-0.15, -0.1) is 0 Å². The number of hydrazone groups is 1. The molecule has 2 aromatic rings. The number of esters is 1. The van der Waals surface area contributed by atoms with Crippen molar-refractivity contribution < 1.29 is 23.5 Å². The Morgan fingerprint density at radius 3 is 2.76 bits per heavy atom. The summed E-state index contributed by atoms with van der Waals surface area (Å²) in [4.78, 5) is 27.6. The van der Waals surface area contributed by atoms with Crippen molar-refractivity contribution in [3.63, 3.8) is 0 Å². The molecule has 34 heavy (non-hydrogen) atoms. The largest absolute Gasteiger partial charge is 0.497 e. The summed E-state index contributed by atoms with van der Waals surface area (Å²) in [6.45, 7) is 3.42. The highest BCUT2D eigenvalue weighted by molar-refractivity contribution is 6.03. The minimum absolute atomic E-state index is 0.107. The average molecular weight is 468 g/mol. The van der Waals surface area contributed by atoms with Crippen LogP contribution in [0.2, 0.25) is 0 Å². The van der Waals surface area contributed by atoms with E-state index in [1.807, 2.05) is 29.2 Å². The molecule has 0 bridgehead atoms. The monoisotopic (exact) mass is 467 g/mol. The van der Waals surface area contributed by atoms with Crippen LogP contribution in [0.1, 0.15) is 43.4 Å². The molecule has 0 unspecified atom stereocenters. The fourth-order valence-corrected chi connectivity index (χ4v) is 4.62. The number of piperidine rings is 1. The van der Waals surface area contributed by atoms with Gasteiger partial charge in [-0.1, -0.05) is 30.3 Å². The molecule has 1 saturated heterocycles. The third-order valence-corrected chi connectivity index (χ3v) is 6.32. The van der Waals surface area contributed by atoms with E-state index in [4.69, 9.17) is 9.47 Å². The van der Waals surface area contributed by atoms with Crippen LogP contribution in [-0.4, -0.2) is 60.8 Å². The average Bonchev–Trinajstić information content (AvgIpc) is 3.30. The van der Waals surface area contributed by atoms with Crippen molar-refractivity contribution in [1.29, 1.82) is 0 Å². The smallest absolute Gasteiger partial charge is 0.310 e. The zero-order valence-corrected chi connectivity index (χ0v) is 19.6. The molecule has 0 spiro atoms. The van der Waals surface area contributed by atoms with Gasteiger partial charge in [-0.3, -0.25) is 14.5 Å². The van der Waals surface area contributed by atoms with Gasteiger partial charge in [-0.25, -0.2) is 9.40 Å². The maximum absolute atomic E-state index is 14.7. The van der Waals surface area contributed by atoms with Crippen molar-refractivity contribution in [1.82, 2.24) is 9.91 Å². The maximum Gasteiger partial charge on any atom is 0.310 e. The van der Waals surface area contributed by atoms with Gasteiger partial charge in [0.05, 0.1) is 37.9 Å². The zero-order chi connectivity index (χ0) is 24.1. The highest BCUT2D eigenvalue weighted by Gasteiger charge is 2.36. The molecule has 0 aliphatic carbocycles. The Bertz CT molecular complexity index is 1070. The molecule has 2 aliphatic heterocycles. The number of likely N-dealkylation sites (tertiary alicyclic amines) is 1. The maximum atomic E-state index is 14.7. The van der Waals surface area contributed by atoms with E-state index in [0.717, 1.165) is 18.4 Å². The summed E-state index contributed by atoms with van der Waals surface area (Å²) in [7, 11) is 1.59. The number of hydrogen-bond donors (Lipinski definition) is 0. The highest BCUT2D eigenvalue weighted by atomic mass is 19.1. The molecule has 8 heteroatoms. The fraction of sp³-hybridized carbons (Fsp3) is 0.423.